The zero-order valence-electron chi connectivity index (χ0n) is 20.6. The number of pyridine rings is 2. The van der Waals surface area contributed by atoms with E-state index in [1.165, 1.54) is 0 Å². The number of anilines is 3. The number of nitrogens with one attached hydrogen (secondary N) is 2. The normalized spacial score (nSPS) is 18.4. The van der Waals surface area contributed by atoms with Crippen molar-refractivity contribution in [2.45, 2.75) is 26.2 Å². The van der Waals surface area contributed by atoms with Gasteiger partial charge in [-0.05, 0) is 49.4 Å². The minimum Gasteiger partial charge on any atom is -0.436 e. The fourth-order valence-electron chi connectivity index (χ4n) is 4.74. The molecule has 1 saturated heterocycles. The first-order chi connectivity index (χ1) is 17.6. The number of oxazole rings is 1. The average molecular weight is 487 g/mol. The molecule has 3 aromatic heterocycles. The number of ether oxygens (including phenoxy) is 1. The number of amides is 1. The quantitative estimate of drug-likeness (QED) is 0.404. The molecule has 0 radical (unpaired) electrons. The molecule has 1 unspecified atom stereocenters. The average Bonchev–Trinajstić information content (AvgIpc) is 3.71. The summed E-state index contributed by atoms with van der Waals surface area (Å²) < 4.78 is 12.0. The SMILES string of the molecule is CCC1COCCN(c2ccc3oc(-c4cnc(NC)c5cnc(NC(=O)C6CC6)cc45)nc3c2)C1. The van der Waals surface area contributed by atoms with E-state index < -0.39 is 0 Å². The number of hydrogen-bond acceptors (Lipinski definition) is 8. The van der Waals surface area contributed by atoms with Crippen LogP contribution in [0.1, 0.15) is 26.2 Å². The van der Waals surface area contributed by atoms with Crippen LogP contribution < -0.4 is 15.5 Å². The number of fused-ring (bicyclic) bond motifs is 2. The van der Waals surface area contributed by atoms with Crippen LogP contribution in [0.3, 0.4) is 0 Å². The Labute approximate surface area is 209 Å². The Balaban J connectivity index is 1.38. The van der Waals surface area contributed by atoms with Crippen molar-refractivity contribution in [3.05, 3.63) is 36.7 Å². The third-order valence-corrected chi connectivity index (χ3v) is 7.09. The molecule has 9 nitrogen and oxygen atoms in total. The fraction of sp³-hybridized carbons (Fsp3) is 0.407. The van der Waals surface area contributed by atoms with E-state index in [9.17, 15) is 4.79 Å². The standard InChI is InChI=1S/C27H30N6O3/c1-3-16-14-33(8-9-35-15-16)18-6-7-23-22(10-18)31-27(36-23)21-13-30-25(28-2)20-12-29-24(11-19(20)21)32-26(34)17-4-5-17/h6-7,10-13,16-17H,3-5,8-9,14-15H2,1-2H3,(H,28,30)(H,29,32,34). The van der Waals surface area contributed by atoms with Gasteiger partial charge in [0.1, 0.15) is 17.2 Å². The first kappa shape index (κ1) is 22.7. The highest BCUT2D eigenvalue weighted by Gasteiger charge is 2.30. The molecule has 1 aliphatic carbocycles. The second-order valence-corrected chi connectivity index (χ2v) is 9.62. The van der Waals surface area contributed by atoms with E-state index in [1.807, 2.05) is 19.2 Å². The number of carbonyl (C=O) groups excluding carboxylic acids is 1. The number of benzene rings is 1. The van der Waals surface area contributed by atoms with Gasteiger partial charge in [-0.15, -0.1) is 0 Å². The van der Waals surface area contributed by atoms with Crippen LogP contribution in [0.5, 0.6) is 0 Å². The number of carbonyl (C=O) groups is 1. The monoisotopic (exact) mass is 486 g/mol. The molecule has 1 aliphatic heterocycles. The third-order valence-electron chi connectivity index (χ3n) is 7.09. The summed E-state index contributed by atoms with van der Waals surface area (Å²) in [6.07, 6.45) is 6.45. The molecule has 2 fully saturated rings. The largest absolute Gasteiger partial charge is 0.436 e. The summed E-state index contributed by atoms with van der Waals surface area (Å²) in [5, 5.41) is 7.74. The van der Waals surface area contributed by atoms with Crippen molar-refractivity contribution in [1.82, 2.24) is 15.0 Å². The molecule has 186 valence electrons. The van der Waals surface area contributed by atoms with Crippen molar-refractivity contribution in [3.63, 3.8) is 0 Å². The van der Waals surface area contributed by atoms with E-state index in [4.69, 9.17) is 14.1 Å². The molecule has 1 saturated carbocycles. The number of rotatable bonds is 6. The molecule has 1 atom stereocenters. The van der Waals surface area contributed by atoms with Crippen molar-refractivity contribution in [1.29, 1.82) is 0 Å². The molecule has 36 heavy (non-hydrogen) atoms. The van der Waals surface area contributed by atoms with E-state index >= 15 is 0 Å². The lowest BCUT2D eigenvalue weighted by Crippen LogP contribution is -2.29. The van der Waals surface area contributed by atoms with Gasteiger partial charge in [0.15, 0.2) is 5.58 Å². The Morgan fingerprint density at radius 3 is 2.86 bits per heavy atom. The molecular weight excluding hydrogens is 456 g/mol. The highest BCUT2D eigenvalue weighted by molar-refractivity contribution is 6.03. The minimum absolute atomic E-state index is 0.0184. The Bertz CT molecular complexity index is 1430. The Morgan fingerprint density at radius 1 is 1.17 bits per heavy atom. The Morgan fingerprint density at radius 2 is 2.06 bits per heavy atom. The van der Waals surface area contributed by atoms with Crippen molar-refractivity contribution >= 4 is 45.1 Å². The number of nitrogens with zero attached hydrogens (tertiary/aromatic N) is 4. The van der Waals surface area contributed by atoms with Crippen LogP contribution in [0.15, 0.2) is 41.1 Å². The van der Waals surface area contributed by atoms with Crippen LogP contribution in [0.4, 0.5) is 17.3 Å². The second-order valence-electron chi connectivity index (χ2n) is 9.62. The molecule has 1 aromatic carbocycles. The molecule has 1 amide bonds. The van der Waals surface area contributed by atoms with Gasteiger partial charge in [-0.25, -0.2) is 15.0 Å². The predicted molar refractivity (Wildman–Crippen MR) is 140 cm³/mol. The Kier molecular flexibility index (Phi) is 5.92. The summed E-state index contributed by atoms with van der Waals surface area (Å²) in [7, 11) is 1.82. The molecule has 0 bridgehead atoms. The summed E-state index contributed by atoms with van der Waals surface area (Å²) in [4.78, 5) is 28.5. The van der Waals surface area contributed by atoms with Gasteiger partial charge in [0, 0.05) is 54.9 Å². The first-order valence-corrected chi connectivity index (χ1v) is 12.6. The lowest BCUT2D eigenvalue weighted by Gasteiger charge is -2.24. The van der Waals surface area contributed by atoms with Crippen LogP contribution >= 0.6 is 0 Å². The van der Waals surface area contributed by atoms with Gasteiger partial charge in [-0.1, -0.05) is 6.92 Å². The van der Waals surface area contributed by atoms with Crippen molar-refractivity contribution in [2.75, 3.05) is 48.9 Å². The van der Waals surface area contributed by atoms with Gasteiger partial charge in [0.25, 0.3) is 0 Å². The molecule has 2 aliphatic rings. The lowest BCUT2D eigenvalue weighted by atomic mass is 10.1. The van der Waals surface area contributed by atoms with Gasteiger partial charge in [0.05, 0.1) is 18.8 Å². The predicted octanol–water partition coefficient (Wildman–Crippen LogP) is 4.69. The highest BCUT2D eigenvalue weighted by atomic mass is 16.5. The molecule has 6 rings (SSSR count). The molecular formula is C27H30N6O3. The fourth-order valence-corrected chi connectivity index (χ4v) is 4.74. The summed E-state index contributed by atoms with van der Waals surface area (Å²) in [5.41, 5.74) is 3.38. The molecule has 4 aromatic rings. The number of aromatic nitrogens is 3. The van der Waals surface area contributed by atoms with Gasteiger partial charge in [-0.2, -0.15) is 0 Å². The molecule has 0 spiro atoms. The van der Waals surface area contributed by atoms with Crippen LogP contribution in [0.25, 0.3) is 33.3 Å². The maximum Gasteiger partial charge on any atom is 0.229 e. The molecule has 9 heteroatoms. The maximum atomic E-state index is 12.3. The lowest BCUT2D eigenvalue weighted by molar-refractivity contribution is -0.117. The van der Waals surface area contributed by atoms with E-state index in [0.717, 1.165) is 73.1 Å². The summed E-state index contributed by atoms with van der Waals surface area (Å²) in [6.45, 7) is 5.57. The van der Waals surface area contributed by atoms with Crippen molar-refractivity contribution in [3.8, 4) is 11.5 Å². The molecule has 2 N–H and O–H groups in total. The highest BCUT2D eigenvalue weighted by Crippen LogP contribution is 2.35. The number of hydrogen-bond donors (Lipinski definition) is 2. The minimum atomic E-state index is 0.0184. The van der Waals surface area contributed by atoms with Gasteiger partial charge < -0.3 is 24.7 Å². The van der Waals surface area contributed by atoms with Crippen LogP contribution in [0.2, 0.25) is 0 Å². The summed E-state index contributed by atoms with van der Waals surface area (Å²) in [6, 6.07) is 8.02. The smallest absolute Gasteiger partial charge is 0.229 e. The molecule has 4 heterocycles. The maximum absolute atomic E-state index is 12.3. The van der Waals surface area contributed by atoms with E-state index in [-0.39, 0.29) is 11.8 Å². The van der Waals surface area contributed by atoms with Crippen LogP contribution in [0, 0.1) is 11.8 Å². The van der Waals surface area contributed by atoms with Crippen LogP contribution in [-0.4, -0.2) is 54.2 Å². The van der Waals surface area contributed by atoms with E-state index in [2.05, 4.69) is 44.6 Å². The van der Waals surface area contributed by atoms with Crippen LogP contribution in [-0.2, 0) is 9.53 Å². The van der Waals surface area contributed by atoms with Gasteiger partial charge in [0.2, 0.25) is 11.8 Å². The second kappa shape index (κ2) is 9.39. The van der Waals surface area contributed by atoms with E-state index in [1.54, 1.807) is 12.4 Å². The topological polar surface area (TPSA) is 105 Å². The first-order valence-electron chi connectivity index (χ1n) is 12.6. The third kappa shape index (κ3) is 4.35. The zero-order valence-corrected chi connectivity index (χ0v) is 20.6. The zero-order chi connectivity index (χ0) is 24.6. The van der Waals surface area contributed by atoms with Crippen molar-refractivity contribution < 1.29 is 13.9 Å². The van der Waals surface area contributed by atoms with Crippen molar-refractivity contribution in [2.24, 2.45) is 11.8 Å². The van der Waals surface area contributed by atoms with Gasteiger partial charge >= 0.3 is 0 Å². The Hall–Kier alpha value is -3.72. The van der Waals surface area contributed by atoms with Gasteiger partial charge in [-0.3, -0.25) is 4.79 Å². The van der Waals surface area contributed by atoms with E-state index in [0.29, 0.717) is 29.0 Å². The summed E-state index contributed by atoms with van der Waals surface area (Å²) in [5.74, 6) is 2.34. The summed E-state index contributed by atoms with van der Waals surface area (Å²) >= 11 is 0.